The van der Waals surface area contributed by atoms with Crippen LogP contribution in [0, 0.1) is 12.7 Å². The van der Waals surface area contributed by atoms with E-state index in [2.05, 4.69) is 26.1 Å². The Kier molecular flexibility index (Phi) is 2.60. The van der Waals surface area contributed by atoms with E-state index in [9.17, 15) is 4.39 Å². The van der Waals surface area contributed by atoms with Gasteiger partial charge in [-0.3, -0.25) is 0 Å². The molecule has 14 heavy (non-hydrogen) atoms. The van der Waals surface area contributed by atoms with Crippen molar-refractivity contribution >= 4 is 27.3 Å². The molecule has 1 heterocycles. The van der Waals surface area contributed by atoms with Gasteiger partial charge in [-0.2, -0.15) is 0 Å². The molecule has 1 aromatic carbocycles. The Bertz CT molecular complexity index is 470. The second-order valence-corrected chi connectivity index (χ2v) is 5.10. The molecule has 0 aliphatic carbocycles. The maximum Gasteiger partial charge on any atom is 0.183 e. The maximum absolute atomic E-state index is 13.4. The molecule has 72 valence electrons. The van der Waals surface area contributed by atoms with Gasteiger partial charge in [-0.15, -0.1) is 10.2 Å². The third kappa shape index (κ3) is 1.83. The van der Waals surface area contributed by atoms with E-state index in [0.29, 0.717) is 14.5 Å². The Morgan fingerprint density at radius 3 is 2.79 bits per heavy atom. The van der Waals surface area contributed by atoms with Crippen LogP contribution in [0.2, 0.25) is 0 Å². The molecule has 0 unspecified atom stereocenters. The zero-order chi connectivity index (χ0) is 10.1. The van der Waals surface area contributed by atoms with E-state index in [4.69, 9.17) is 0 Å². The highest BCUT2D eigenvalue weighted by Gasteiger charge is 2.09. The van der Waals surface area contributed by atoms with Crippen LogP contribution in [0.5, 0.6) is 0 Å². The van der Waals surface area contributed by atoms with Crippen LogP contribution in [0.4, 0.5) is 4.39 Å². The normalized spacial score (nSPS) is 10.5. The maximum atomic E-state index is 13.4. The van der Waals surface area contributed by atoms with E-state index in [1.807, 2.05) is 6.92 Å². The summed E-state index contributed by atoms with van der Waals surface area (Å²) in [5.41, 5.74) is 1.51. The molecule has 0 spiro atoms. The Morgan fingerprint density at radius 2 is 2.14 bits per heavy atom. The van der Waals surface area contributed by atoms with Gasteiger partial charge >= 0.3 is 0 Å². The summed E-state index contributed by atoms with van der Waals surface area (Å²) in [6, 6.07) is 4.94. The number of hydrogen-bond donors (Lipinski definition) is 0. The van der Waals surface area contributed by atoms with Gasteiger partial charge in [-0.25, -0.2) is 4.39 Å². The molecule has 0 N–H and O–H groups in total. The molecule has 0 aliphatic heterocycles. The van der Waals surface area contributed by atoms with Gasteiger partial charge in [0.2, 0.25) is 0 Å². The van der Waals surface area contributed by atoms with Crippen LogP contribution in [0.1, 0.15) is 5.56 Å². The van der Waals surface area contributed by atoms with Crippen molar-refractivity contribution in [2.24, 2.45) is 0 Å². The monoisotopic (exact) mass is 272 g/mol. The van der Waals surface area contributed by atoms with E-state index in [-0.39, 0.29) is 5.82 Å². The van der Waals surface area contributed by atoms with Gasteiger partial charge in [0, 0.05) is 5.56 Å². The first kappa shape index (κ1) is 9.73. The fourth-order valence-electron chi connectivity index (χ4n) is 1.12. The lowest BCUT2D eigenvalue weighted by atomic mass is 10.1. The number of aryl methyl sites for hydroxylation is 1. The van der Waals surface area contributed by atoms with Gasteiger partial charge in [0.1, 0.15) is 5.82 Å². The fraction of sp³-hybridized carbons (Fsp3) is 0.111. The van der Waals surface area contributed by atoms with Gasteiger partial charge in [0.05, 0.1) is 0 Å². The SMILES string of the molecule is Cc1ccc(F)c(-c2nnc(Br)s2)c1. The molecule has 2 aromatic rings. The second kappa shape index (κ2) is 3.74. The molecular weight excluding hydrogens is 267 g/mol. The van der Waals surface area contributed by atoms with E-state index in [1.165, 1.54) is 17.4 Å². The molecule has 2 nitrogen and oxygen atoms in total. The quantitative estimate of drug-likeness (QED) is 0.795. The summed E-state index contributed by atoms with van der Waals surface area (Å²) in [4.78, 5) is 0. The van der Waals surface area contributed by atoms with Gasteiger partial charge in [-0.05, 0) is 35.0 Å². The largest absolute Gasteiger partial charge is 0.206 e. The summed E-state index contributed by atoms with van der Waals surface area (Å²) in [5, 5.41) is 8.25. The summed E-state index contributed by atoms with van der Waals surface area (Å²) < 4.78 is 14.0. The zero-order valence-corrected chi connectivity index (χ0v) is 9.69. The third-order valence-electron chi connectivity index (χ3n) is 1.75. The third-order valence-corrected chi connectivity index (χ3v) is 3.14. The Hall–Kier alpha value is -0.810. The van der Waals surface area contributed by atoms with Gasteiger partial charge in [-0.1, -0.05) is 23.0 Å². The lowest BCUT2D eigenvalue weighted by Crippen LogP contribution is -1.84. The van der Waals surface area contributed by atoms with Crippen LogP contribution in [0.3, 0.4) is 0 Å². The molecule has 0 aliphatic rings. The van der Waals surface area contributed by atoms with Crippen LogP contribution in [-0.2, 0) is 0 Å². The molecule has 2 rings (SSSR count). The van der Waals surface area contributed by atoms with Crippen LogP contribution >= 0.6 is 27.3 Å². The Labute approximate surface area is 92.9 Å². The molecular formula is C9H6BrFN2S. The lowest BCUT2D eigenvalue weighted by molar-refractivity contribution is 0.630. The first-order valence-corrected chi connectivity index (χ1v) is 5.53. The predicted octanol–water partition coefficient (Wildman–Crippen LogP) is 3.42. The van der Waals surface area contributed by atoms with Crippen LogP contribution in [0.25, 0.3) is 10.6 Å². The van der Waals surface area contributed by atoms with Crippen LogP contribution < -0.4 is 0 Å². The molecule has 0 saturated heterocycles. The van der Waals surface area contributed by atoms with E-state index < -0.39 is 0 Å². The predicted molar refractivity (Wildman–Crippen MR) is 57.7 cm³/mol. The first-order valence-electron chi connectivity index (χ1n) is 3.92. The summed E-state index contributed by atoms with van der Waals surface area (Å²) in [7, 11) is 0. The summed E-state index contributed by atoms with van der Waals surface area (Å²) in [5.74, 6) is -0.265. The van der Waals surface area contributed by atoms with Crippen molar-refractivity contribution < 1.29 is 4.39 Å². The van der Waals surface area contributed by atoms with Gasteiger partial charge in [0.25, 0.3) is 0 Å². The van der Waals surface area contributed by atoms with Crippen LogP contribution in [0.15, 0.2) is 22.1 Å². The van der Waals surface area contributed by atoms with Crippen molar-refractivity contribution in [3.63, 3.8) is 0 Å². The molecule has 0 radical (unpaired) electrons. The van der Waals surface area contributed by atoms with Crippen molar-refractivity contribution in [2.45, 2.75) is 6.92 Å². The van der Waals surface area contributed by atoms with Crippen molar-refractivity contribution in [1.29, 1.82) is 0 Å². The minimum Gasteiger partial charge on any atom is -0.206 e. The standard InChI is InChI=1S/C9H6BrFN2S/c1-5-2-3-7(11)6(4-5)8-12-13-9(10)14-8/h2-4H,1H3. The molecule has 0 amide bonds. The minimum atomic E-state index is -0.265. The number of aromatic nitrogens is 2. The lowest BCUT2D eigenvalue weighted by Gasteiger charge is -1.98. The first-order chi connectivity index (χ1) is 6.66. The molecule has 0 atom stereocenters. The molecule has 1 aromatic heterocycles. The van der Waals surface area contributed by atoms with Crippen molar-refractivity contribution in [1.82, 2.24) is 10.2 Å². The number of benzene rings is 1. The van der Waals surface area contributed by atoms with Crippen LogP contribution in [-0.4, -0.2) is 10.2 Å². The number of rotatable bonds is 1. The van der Waals surface area contributed by atoms with Crippen molar-refractivity contribution in [3.8, 4) is 10.6 Å². The molecule has 0 fully saturated rings. The highest BCUT2D eigenvalue weighted by Crippen LogP contribution is 2.28. The van der Waals surface area contributed by atoms with Gasteiger partial charge in [0.15, 0.2) is 8.92 Å². The summed E-state index contributed by atoms with van der Waals surface area (Å²) >= 11 is 4.51. The average Bonchev–Trinajstić information content (AvgIpc) is 2.56. The van der Waals surface area contributed by atoms with E-state index >= 15 is 0 Å². The fourth-order valence-corrected chi connectivity index (χ4v) is 2.25. The number of halogens is 2. The minimum absolute atomic E-state index is 0.265. The van der Waals surface area contributed by atoms with Crippen molar-refractivity contribution in [2.75, 3.05) is 0 Å². The zero-order valence-electron chi connectivity index (χ0n) is 7.29. The highest BCUT2D eigenvalue weighted by molar-refractivity contribution is 9.11. The summed E-state index contributed by atoms with van der Waals surface area (Å²) in [6.07, 6.45) is 0. The smallest absolute Gasteiger partial charge is 0.183 e. The Morgan fingerprint density at radius 1 is 1.36 bits per heavy atom. The van der Waals surface area contributed by atoms with E-state index in [0.717, 1.165) is 5.56 Å². The average molecular weight is 273 g/mol. The van der Waals surface area contributed by atoms with Crippen molar-refractivity contribution in [3.05, 3.63) is 33.5 Å². The highest BCUT2D eigenvalue weighted by atomic mass is 79.9. The molecule has 5 heteroatoms. The summed E-state index contributed by atoms with van der Waals surface area (Å²) in [6.45, 7) is 1.92. The molecule has 0 saturated carbocycles. The Balaban J connectivity index is 2.55. The number of hydrogen-bond acceptors (Lipinski definition) is 3. The van der Waals surface area contributed by atoms with E-state index in [1.54, 1.807) is 12.1 Å². The topological polar surface area (TPSA) is 25.8 Å². The molecule has 0 bridgehead atoms. The van der Waals surface area contributed by atoms with Gasteiger partial charge < -0.3 is 0 Å². The number of nitrogens with zero attached hydrogens (tertiary/aromatic N) is 2. The second-order valence-electron chi connectivity index (χ2n) is 2.84.